The number of hydrogen-bond acceptors (Lipinski definition) is 0. The summed E-state index contributed by atoms with van der Waals surface area (Å²) in [5, 5.41) is 0. The summed E-state index contributed by atoms with van der Waals surface area (Å²) in [6, 6.07) is 0. The molecule has 0 saturated heterocycles. The van der Waals surface area contributed by atoms with Gasteiger partial charge in [-0.1, -0.05) is 62.5 Å². The van der Waals surface area contributed by atoms with E-state index in [1.807, 2.05) is 0 Å². The zero-order chi connectivity index (χ0) is 9.16. The smallest absolute Gasteiger partial charge is 0.0262 e. The van der Waals surface area contributed by atoms with E-state index in [2.05, 4.69) is 62.5 Å². The first-order valence-electron chi connectivity index (χ1n) is 4.90. The summed E-state index contributed by atoms with van der Waals surface area (Å²) in [5.41, 5.74) is 0.917. The Morgan fingerprint density at radius 2 is 0.923 bits per heavy atom. The molecular weight excluding hydrogens is 156 g/mol. The van der Waals surface area contributed by atoms with Crippen LogP contribution in [-0.2, 0) is 0 Å². The van der Waals surface area contributed by atoms with Gasteiger partial charge >= 0.3 is 0 Å². The summed E-state index contributed by atoms with van der Waals surface area (Å²) in [5.74, 6) is 0. The van der Waals surface area contributed by atoms with Gasteiger partial charge in [0.1, 0.15) is 0 Å². The monoisotopic (exact) mass is 170 g/mol. The van der Waals surface area contributed by atoms with Crippen LogP contribution in [0.3, 0.4) is 0 Å². The molecular formula is C13H14. The fraction of sp³-hybridized carbons (Fsp3) is 0.385. The highest BCUT2D eigenvalue weighted by molar-refractivity contribution is 5.55. The van der Waals surface area contributed by atoms with Crippen LogP contribution in [0.15, 0.2) is 48.6 Å². The average Bonchev–Trinajstić information content (AvgIpc) is 2.61. The van der Waals surface area contributed by atoms with E-state index in [9.17, 15) is 0 Å². The predicted molar refractivity (Wildman–Crippen MR) is 55.2 cm³/mol. The molecule has 0 bridgehead atoms. The molecule has 0 N–H and O–H groups in total. The van der Waals surface area contributed by atoms with Gasteiger partial charge in [0.25, 0.3) is 0 Å². The van der Waals surface area contributed by atoms with Gasteiger partial charge < -0.3 is 0 Å². The van der Waals surface area contributed by atoms with Gasteiger partial charge in [0, 0.05) is 10.8 Å². The molecule has 0 aromatic carbocycles. The maximum atomic E-state index is 2.35. The molecule has 3 aliphatic carbocycles. The van der Waals surface area contributed by atoms with E-state index in [1.54, 1.807) is 0 Å². The molecule has 0 spiro atoms. The second-order valence-electron chi connectivity index (χ2n) is 4.80. The minimum Gasteiger partial charge on any atom is -0.0728 e. The summed E-state index contributed by atoms with van der Waals surface area (Å²) >= 11 is 0. The van der Waals surface area contributed by atoms with Crippen molar-refractivity contribution in [2.45, 2.75) is 13.8 Å². The highest BCUT2D eigenvalue weighted by atomic mass is 14.8. The molecule has 1 saturated carbocycles. The molecule has 0 heteroatoms. The highest BCUT2D eigenvalue weighted by Gasteiger charge is 2.78. The molecule has 3 rings (SSSR count). The quantitative estimate of drug-likeness (QED) is 0.523. The van der Waals surface area contributed by atoms with E-state index in [4.69, 9.17) is 0 Å². The normalized spacial score (nSPS) is 47.2. The molecule has 0 amide bonds. The first kappa shape index (κ1) is 7.37. The Morgan fingerprint density at radius 1 is 0.615 bits per heavy atom. The first-order chi connectivity index (χ1) is 6.16. The third-order valence-corrected chi connectivity index (χ3v) is 4.35. The van der Waals surface area contributed by atoms with Gasteiger partial charge in [0.15, 0.2) is 0 Å². The van der Waals surface area contributed by atoms with Gasteiger partial charge in [-0.15, -0.1) is 0 Å². The third-order valence-electron chi connectivity index (χ3n) is 4.35. The Bertz CT molecular complexity index is 315. The van der Waals surface area contributed by atoms with Gasteiger partial charge in [-0.25, -0.2) is 0 Å². The van der Waals surface area contributed by atoms with Crippen LogP contribution in [0.5, 0.6) is 0 Å². The van der Waals surface area contributed by atoms with Gasteiger partial charge in [-0.05, 0) is 5.41 Å². The van der Waals surface area contributed by atoms with Crippen molar-refractivity contribution in [2.75, 3.05) is 0 Å². The van der Waals surface area contributed by atoms with E-state index in [1.165, 1.54) is 0 Å². The molecule has 0 radical (unpaired) electrons. The molecule has 0 heterocycles. The lowest BCUT2D eigenvalue weighted by atomic mass is 9.85. The lowest BCUT2D eigenvalue weighted by Crippen LogP contribution is -2.09. The van der Waals surface area contributed by atoms with Crippen LogP contribution in [0.4, 0.5) is 0 Å². The van der Waals surface area contributed by atoms with Crippen molar-refractivity contribution >= 4 is 0 Å². The summed E-state index contributed by atoms with van der Waals surface area (Å²) in [6.45, 7) is 4.71. The van der Waals surface area contributed by atoms with Crippen LogP contribution in [0.1, 0.15) is 13.8 Å². The third kappa shape index (κ3) is 0.500. The Balaban J connectivity index is 2.28. The van der Waals surface area contributed by atoms with Crippen LogP contribution < -0.4 is 0 Å². The summed E-state index contributed by atoms with van der Waals surface area (Å²) < 4.78 is 0. The van der Waals surface area contributed by atoms with Crippen LogP contribution in [0.2, 0.25) is 0 Å². The highest BCUT2D eigenvalue weighted by Crippen LogP contribution is 2.82. The van der Waals surface area contributed by atoms with Crippen LogP contribution in [0, 0.1) is 16.2 Å². The number of rotatable bonds is 0. The van der Waals surface area contributed by atoms with E-state index >= 15 is 0 Å². The van der Waals surface area contributed by atoms with Crippen molar-refractivity contribution in [3.63, 3.8) is 0 Å². The minimum atomic E-state index is 0.281. The molecule has 0 aromatic rings. The van der Waals surface area contributed by atoms with Gasteiger partial charge in [0.2, 0.25) is 0 Å². The van der Waals surface area contributed by atoms with Crippen molar-refractivity contribution in [3.8, 4) is 0 Å². The fourth-order valence-corrected chi connectivity index (χ4v) is 3.34. The molecule has 0 nitrogen and oxygen atoms in total. The summed E-state index contributed by atoms with van der Waals surface area (Å²) in [7, 11) is 0. The lowest BCUT2D eigenvalue weighted by Gasteiger charge is -2.18. The van der Waals surface area contributed by atoms with E-state index in [-0.39, 0.29) is 10.8 Å². The van der Waals surface area contributed by atoms with Crippen molar-refractivity contribution in [3.05, 3.63) is 48.6 Å². The lowest BCUT2D eigenvalue weighted by molar-refractivity contribution is 0.522. The maximum absolute atomic E-state index is 2.35. The zero-order valence-electron chi connectivity index (χ0n) is 8.12. The van der Waals surface area contributed by atoms with Crippen LogP contribution in [-0.4, -0.2) is 0 Å². The molecule has 0 aliphatic heterocycles. The molecule has 1 fully saturated rings. The zero-order valence-corrected chi connectivity index (χ0v) is 8.12. The molecule has 3 aliphatic rings. The average molecular weight is 170 g/mol. The topological polar surface area (TPSA) is 0 Å². The minimum absolute atomic E-state index is 0.281. The predicted octanol–water partition coefficient (Wildman–Crippen LogP) is 3.25. The van der Waals surface area contributed by atoms with Gasteiger partial charge in [-0.2, -0.15) is 0 Å². The largest absolute Gasteiger partial charge is 0.0728 e. The van der Waals surface area contributed by atoms with Crippen molar-refractivity contribution in [1.29, 1.82) is 0 Å². The van der Waals surface area contributed by atoms with E-state index in [0.29, 0.717) is 5.41 Å². The maximum Gasteiger partial charge on any atom is 0.0262 e. The molecule has 13 heavy (non-hydrogen) atoms. The first-order valence-corrected chi connectivity index (χ1v) is 4.90. The van der Waals surface area contributed by atoms with Crippen molar-refractivity contribution < 1.29 is 0 Å². The Labute approximate surface area is 79.3 Å². The van der Waals surface area contributed by atoms with E-state index in [0.717, 1.165) is 0 Å². The Hall–Kier alpha value is -1.04. The van der Waals surface area contributed by atoms with Crippen molar-refractivity contribution in [1.82, 2.24) is 0 Å². The molecule has 66 valence electrons. The van der Waals surface area contributed by atoms with Gasteiger partial charge in [0.05, 0.1) is 0 Å². The molecule has 0 atom stereocenters. The standard InChI is InChI=1S/C13H14/c1-11(2)12-7-3-4-8-13(11,12)10-6-5-9-12/h3-10H,1-2H3. The second-order valence-corrected chi connectivity index (χ2v) is 4.80. The van der Waals surface area contributed by atoms with Gasteiger partial charge in [-0.3, -0.25) is 0 Å². The molecule has 0 aromatic heterocycles. The van der Waals surface area contributed by atoms with Crippen molar-refractivity contribution in [2.24, 2.45) is 16.2 Å². The number of allylic oxidation sites excluding steroid dienone is 8. The SMILES string of the molecule is CC1(C)C23C=CC=CC12C=CC=C3. The fourth-order valence-electron chi connectivity index (χ4n) is 3.34. The Morgan fingerprint density at radius 3 is 1.23 bits per heavy atom. The van der Waals surface area contributed by atoms with Crippen LogP contribution >= 0.6 is 0 Å². The summed E-state index contributed by atoms with van der Waals surface area (Å²) in [6.07, 6.45) is 18.1. The summed E-state index contributed by atoms with van der Waals surface area (Å²) in [4.78, 5) is 0. The molecule has 0 unspecified atom stereocenters. The second kappa shape index (κ2) is 1.75. The van der Waals surface area contributed by atoms with Crippen LogP contribution in [0.25, 0.3) is 0 Å². The number of hydrogen-bond donors (Lipinski definition) is 0. The Kier molecular flexibility index (Phi) is 0.990. The van der Waals surface area contributed by atoms with E-state index < -0.39 is 0 Å².